The molecule has 2 rings (SSSR count). The number of hydrogen-bond donors (Lipinski definition) is 1. The van der Waals surface area contributed by atoms with Crippen LogP contribution in [0.15, 0.2) is 12.1 Å². The van der Waals surface area contributed by atoms with Crippen molar-refractivity contribution < 1.29 is 5.11 Å². The molecule has 106 valence electrons. The van der Waals surface area contributed by atoms with E-state index in [1.165, 1.54) is 25.7 Å². The lowest BCUT2D eigenvalue weighted by atomic mass is 10.1. The van der Waals surface area contributed by atoms with Crippen LogP contribution in [0, 0.1) is 0 Å². The van der Waals surface area contributed by atoms with Crippen LogP contribution in [0.25, 0.3) is 0 Å². The first-order chi connectivity index (χ1) is 9.28. The molecule has 3 nitrogen and oxygen atoms in total. The molecule has 1 saturated carbocycles. The zero-order valence-electron chi connectivity index (χ0n) is 12.2. The summed E-state index contributed by atoms with van der Waals surface area (Å²) in [5.74, 6) is 1.06. The maximum atomic E-state index is 9.43. The van der Waals surface area contributed by atoms with E-state index in [-0.39, 0.29) is 6.61 Å². The first kappa shape index (κ1) is 14.3. The number of aliphatic hydroxyl groups excluding tert-OH is 1. The van der Waals surface area contributed by atoms with E-state index in [1.807, 2.05) is 6.07 Å². The molecule has 0 aliphatic heterocycles. The van der Waals surface area contributed by atoms with Crippen LogP contribution in [-0.2, 0) is 13.0 Å². The SMILES string of the molecule is CCCc1cc(CO)cc(N(CC)C2CCCC2)n1. The van der Waals surface area contributed by atoms with Crippen LogP contribution in [0.4, 0.5) is 5.82 Å². The van der Waals surface area contributed by atoms with Crippen LogP contribution in [-0.4, -0.2) is 22.7 Å². The molecule has 0 saturated heterocycles. The van der Waals surface area contributed by atoms with Gasteiger partial charge in [-0.05, 0) is 43.9 Å². The van der Waals surface area contributed by atoms with E-state index in [0.29, 0.717) is 6.04 Å². The average molecular weight is 262 g/mol. The summed E-state index contributed by atoms with van der Waals surface area (Å²) in [6.45, 7) is 5.47. The Kier molecular flexibility index (Phi) is 5.20. The molecular formula is C16H26N2O. The smallest absolute Gasteiger partial charge is 0.129 e. The molecule has 19 heavy (non-hydrogen) atoms. The summed E-state index contributed by atoms with van der Waals surface area (Å²) in [5, 5.41) is 9.43. The van der Waals surface area contributed by atoms with E-state index in [1.54, 1.807) is 0 Å². The van der Waals surface area contributed by atoms with Crippen LogP contribution in [0.5, 0.6) is 0 Å². The van der Waals surface area contributed by atoms with E-state index in [2.05, 4.69) is 24.8 Å². The highest BCUT2D eigenvalue weighted by atomic mass is 16.3. The van der Waals surface area contributed by atoms with Crippen LogP contribution in [0.2, 0.25) is 0 Å². The van der Waals surface area contributed by atoms with Crippen molar-refractivity contribution in [1.29, 1.82) is 0 Å². The van der Waals surface area contributed by atoms with Gasteiger partial charge in [-0.3, -0.25) is 0 Å². The molecule has 0 bridgehead atoms. The van der Waals surface area contributed by atoms with Gasteiger partial charge in [0.2, 0.25) is 0 Å². The Hall–Kier alpha value is -1.09. The van der Waals surface area contributed by atoms with Gasteiger partial charge in [0.15, 0.2) is 0 Å². The van der Waals surface area contributed by atoms with Gasteiger partial charge >= 0.3 is 0 Å². The summed E-state index contributed by atoms with van der Waals surface area (Å²) in [6.07, 6.45) is 7.31. The number of aromatic nitrogens is 1. The normalized spacial score (nSPS) is 15.9. The number of anilines is 1. The third-order valence-corrected chi connectivity index (χ3v) is 4.01. The van der Waals surface area contributed by atoms with Crippen molar-refractivity contribution >= 4 is 5.82 Å². The van der Waals surface area contributed by atoms with Crippen LogP contribution < -0.4 is 4.90 Å². The van der Waals surface area contributed by atoms with E-state index in [0.717, 1.165) is 36.5 Å². The molecule has 0 spiro atoms. The van der Waals surface area contributed by atoms with Crippen LogP contribution in [0.1, 0.15) is 57.2 Å². The number of pyridine rings is 1. The molecule has 0 aromatic carbocycles. The molecule has 0 amide bonds. The second-order valence-corrected chi connectivity index (χ2v) is 5.46. The van der Waals surface area contributed by atoms with Crippen molar-refractivity contribution in [3.63, 3.8) is 0 Å². The van der Waals surface area contributed by atoms with Gasteiger partial charge in [0.25, 0.3) is 0 Å². The van der Waals surface area contributed by atoms with E-state index in [4.69, 9.17) is 4.98 Å². The summed E-state index contributed by atoms with van der Waals surface area (Å²) in [4.78, 5) is 7.22. The zero-order valence-corrected chi connectivity index (χ0v) is 12.2. The van der Waals surface area contributed by atoms with E-state index in [9.17, 15) is 5.11 Å². The highest BCUT2D eigenvalue weighted by Gasteiger charge is 2.22. The maximum absolute atomic E-state index is 9.43. The number of aliphatic hydroxyl groups is 1. The molecule has 1 aromatic heterocycles. The van der Waals surface area contributed by atoms with Gasteiger partial charge < -0.3 is 10.0 Å². The van der Waals surface area contributed by atoms with Gasteiger partial charge in [-0.15, -0.1) is 0 Å². The Labute approximate surface area is 116 Å². The fourth-order valence-corrected chi connectivity index (χ4v) is 3.08. The van der Waals surface area contributed by atoms with Crippen molar-refractivity contribution in [2.45, 2.75) is 65.0 Å². The molecule has 1 aliphatic rings. The molecule has 1 fully saturated rings. The number of aryl methyl sites for hydroxylation is 1. The third-order valence-electron chi connectivity index (χ3n) is 4.01. The fraction of sp³-hybridized carbons (Fsp3) is 0.688. The standard InChI is InChI=1S/C16H26N2O/c1-3-7-14-10-13(12-19)11-16(17-14)18(4-2)15-8-5-6-9-15/h10-11,15,19H,3-9,12H2,1-2H3. The second-order valence-electron chi connectivity index (χ2n) is 5.46. The van der Waals surface area contributed by atoms with Gasteiger partial charge in [0.05, 0.1) is 6.61 Å². The Morgan fingerprint density at radius 1 is 1.26 bits per heavy atom. The van der Waals surface area contributed by atoms with Gasteiger partial charge in [-0.1, -0.05) is 26.2 Å². The lowest BCUT2D eigenvalue weighted by molar-refractivity contribution is 0.281. The number of nitrogens with zero attached hydrogens (tertiary/aromatic N) is 2. The molecule has 1 aromatic rings. The molecule has 1 aliphatic carbocycles. The number of hydrogen-bond acceptors (Lipinski definition) is 3. The highest BCUT2D eigenvalue weighted by molar-refractivity contribution is 5.44. The summed E-state index contributed by atoms with van der Waals surface area (Å²) in [5.41, 5.74) is 2.10. The quantitative estimate of drug-likeness (QED) is 0.854. The topological polar surface area (TPSA) is 36.4 Å². The lowest BCUT2D eigenvalue weighted by Crippen LogP contribution is -2.34. The summed E-state index contributed by atoms with van der Waals surface area (Å²) >= 11 is 0. The molecule has 3 heteroatoms. The third kappa shape index (κ3) is 3.47. The van der Waals surface area contributed by atoms with Crippen molar-refractivity contribution in [2.75, 3.05) is 11.4 Å². The minimum atomic E-state index is 0.106. The molecule has 0 atom stereocenters. The molecule has 0 unspecified atom stereocenters. The van der Waals surface area contributed by atoms with Gasteiger partial charge in [0.1, 0.15) is 5.82 Å². The largest absolute Gasteiger partial charge is 0.392 e. The highest BCUT2D eigenvalue weighted by Crippen LogP contribution is 2.28. The first-order valence-corrected chi connectivity index (χ1v) is 7.65. The Morgan fingerprint density at radius 3 is 2.58 bits per heavy atom. The Morgan fingerprint density at radius 2 is 2.00 bits per heavy atom. The first-order valence-electron chi connectivity index (χ1n) is 7.65. The maximum Gasteiger partial charge on any atom is 0.129 e. The van der Waals surface area contributed by atoms with Crippen molar-refractivity contribution in [1.82, 2.24) is 4.98 Å². The predicted octanol–water partition coefficient (Wildman–Crippen LogP) is 3.30. The van der Waals surface area contributed by atoms with Crippen molar-refractivity contribution in [3.05, 3.63) is 23.4 Å². The molecule has 1 heterocycles. The predicted molar refractivity (Wildman–Crippen MR) is 79.4 cm³/mol. The fourth-order valence-electron chi connectivity index (χ4n) is 3.08. The Bertz CT molecular complexity index is 400. The van der Waals surface area contributed by atoms with Crippen LogP contribution >= 0.6 is 0 Å². The minimum absolute atomic E-state index is 0.106. The molecule has 1 N–H and O–H groups in total. The van der Waals surface area contributed by atoms with Crippen molar-refractivity contribution in [3.8, 4) is 0 Å². The Balaban J connectivity index is 2.26. The average Bonchev–Trinajstić information content (AvgIpc) is 2.93. The van der Waals surface area contributed by atoms with Gasteiger partial charge in [-0.2, -0.15) is 0 Å². The monoisotopic (exact) mass is 262 g/mol. The lowest BCUT2D eigenvalue weighted by Gasteiger charge is -2.29. The van der Waals surface area contributed by atoms with E-state index < -0.39 is 0 Å². The van der Waals surface area contributed by atoms with Crippen LogP contribution in [0.3, 0.4) is 0 Å². The summed E-state index contributed by atoms with van der Waals surface area (Å²) in [7, 11) is 0. The second kappa shape index (κ2) is 6.90. The summed E-state index contributed by atoms with van der Waals surface area (Å²) in [6, 6.07) is 4.73. The van der Waals surface area contributed by atoms with Crippen molar-refractivity contribution in [2.24, 2.45) is 0 Å². The molecular weight excluding hydrogens is 236 g/mol. The van der Waals surface area contributed by atoms with Gasteiger partial charge in [0, 0.05) is 18.3 Å². The zero-order chi connectivity index (χ0) is 13.7. The van der Waals surface area contributed by atoms with Gasteiger partial charge in [-0.25, -0.2) is 4.98 Å². The van der Waals surface area contributed by atoms with E-state index >= 15 is 0 Å². The number of rotatable bonds is 6. The minimum Gasteiger partial charge on any atom is -0.392 e. The summed E-state index contributed by atoms with van der Waals surface area (Å²) < 4.78 is 0. The molecule has 0 radical (unpaired) electrons.